The Morgan fingerprint density at radius 2 is 1.76 bits per heavy atom. The number of anilines is 2. The predicted octanol–water partition coefficient (Wildman–Crippen LogP) is 5.63. The Morgan fingerprint density at radius 3 is 2.44 bits per heavy atom. The SMILES string of the molecule is COc1ccccc1NC(=O)C1=C(C)N(c2ccc(C)c(F)c2)C(=S)NC1c1ccc(F)cc1. The van der Waals surface area contributed by atoms with E-state index >= 15 is 0 Å². The van der Waals surface area contributed by atoms with Gasteiger partial charge in [-0.1, -0.05) is 30.3 Å². The molecule has 2 N–H and O–H groups in total. The molecule has 3 aromatic rings. The smallest absolute Gasteiger partial charge is 0.255 e. The average molecular weight is 480 g/mol. The first-order chi connectivity index (χ1) is 16.3. The van der Waals surface area contributed by atoms with Gasteiger partial charge < -0.3 is 15.4 Å². The third-order valence-electron chi connectivity index (χ3n) is 5.70. The highest BCUT2D eigenvalue weighted by molar-refractivity contribution is 7.80. The minimum absolute atomic E-state index is 0.295. The lowest BCUT2D eigenvalue weighted by Gasteiger charge is -2.38. The van der Waals surface area contributed by atoms with E-state index in [1.54, 1.807) is 67.3 Å². The van der Waals surface area contributed by atoms with Crippen molar-refractivity contribution in [3.05, 3.63) is 101 Å². The van der Waals surface area contributed by atoms with Gasteiger partial charge in [0.05, 0.1) is 30.1 Å². The third-order valence-corrected chi connectivity index (χ3v) is 6.00. The Balaban J connectivity index is 1.83. The Morgan fingerprint density at radius 1 is 1.06 bits per heavy atom. The number of methoxy groups -OCH3 is 1. The van der Waals surface area contributed by atoms with Crippen molar-refractivity contribution in [1.82, 2.24) is 5.32 Å². The van der Waals surface area contributed by atoms with Gasteiger partial charge in [0, 0.05) is 5.70 Å². The molecule has 1 heterocycles. The summed E-state index contributed by atoms with van der Waals surface area (Å²) in [5, 5.41) is 6.37. The largest absolute Gasteiger partial charge is 0.495 e. The molecule has 1 aliphatic heterocycles. The van der Waals surface area contributed by atoms with Crippen LogP contribution in [0, 0.1) is 18.6 Å². The van der Waals surface area contributed by atoms with Gasteiger partial charge in [-0.15, -0.1) is 0 Å². The van der Waals surface area contributed by atoms with Crippen molar-refractivity contribution in [2.24, 2.45) is 0 Å². The molecule has 1 atom stereocenters. The van der Waals surface area contributed by atoms with Crippen LogP contribution in [0.1, 0.15) is 24.1 Å². The number of aryl methyl sites for hydroxylation is 1. The van der Waals surface area contributed by atoms with Crippen molar-refractivity contribution in [2.75, 3.05) is 17.3 Å². The number of allylic oxidation sites excluding steroid dienone is 1. The van der Waals surface area contributed by atoms with Crippen LogP contribution in [0.3, 0.4) is 0 Å². The topological polar surface area (TPSA) is 53.6 Å². The molecule has 0 radical (unpaired) electrons. The van der Waals surface area contributed by atoms with Gasteiger partial charge in [-0.25, -0.2) is 8.78 Å². The van der Waals surface area contributed by atoms with E-state index in [1.165, 1.54) is 25.3 Å². The zero-order valence-electron chi connectivity index (χ0n) is 18.9. The highest BCUT2D eigenvalue weighted by Gasteiger charge is 2.35. The van der Waals surface area contributed by atoms with Crippen LogP contribution in [0.2, 0.25) is 0 Å². The molecule has 8 heteroatoms. The van der Waals surface area contributed by atoms with E-state index in [9.17, 15) is 13.6 Å². The maximum atomic E-state index is 14.4. The number of nitrogens with zero attached hydrogens (tertiary/aromatic N) is 1. The maximum Gasteiger partial charge on any atom is 0.255 e. The number of hydrogen-bond donors (Lipinski definition) is 2. The fourth-order valence-corrected chi connectivity index (χ4v) is 4.27. The van der Waals surface area contributed by atoms with Gasteiger partial charge in [-0.2, -0.15) is 0 Å². The van der Waals surface area contributed by atoms with Crippen molar-refractivity contribution < 1.29 is 18.3 Å². The number of ether oxygens (including phenoxy) is 1. The number of benzene rings is 3. The van der Waals surface area contributed by atoms with Crippen LogP contribution in [-0.2, 0) is 4.79 Å². The first-order valence-electron chi connectivity index (χ1n) is 10.6. The number of thiocarbonyl (C=S) groups is 1. The second-order valence-electron chi connectivity index (χ2n) is 7.86. The van der Waals surface area contributed by atoms with E-state index < -0.39 is 11.9 Å². The Bertz CT molecular complexity index is 1290. The van der Waals surface area contributed by atoms with E-state index in [2.05, 4.69) is 10.6 Å². The Labute approximate surface area is 202 Å². The minimum Gasteiger partial charge on any atom is -0.495 e. The zero-order valence-corrected chi connectivity index (χ0v) is 19.7. The standard InChI is InChI=1S/C26H23F2N3O2S/c1-15-8-13-19(14-20(15)28)31-16(2)23(25(32)29-21-6-4-5-7-22(21)33-3)24(30-26(31)34)17-9-11-18(27)12-10-17/h4-14,24H,1-3H3,(H,29,32)(H,30,34). The molecule has 1 amide bonds. The highest BCUT2D eigenvalue weighted by atomic mass is 32.1. The number of halogens is 2. The van der Waals surface area contributed by atoms with Gasteiger partial charge in [0.15, 0.2) is 5.11 Å². The first kappa shape index (κ1) is 23.4. The molecule has 1 aliphatic rings. The van der Waals surface area contributed by atoms with Crippen LogP contribution in [0.25, 0.3) is 0 Å². The average Bonchev–Trinajstić information content (AvgIpc) is 2.81. The van der Waals surface area contributed by atoms with Crippen molar-refractivity contribution >= 4 is 34.6 Å². The van der Waals surface area contributed by atoms with E-state index in [0.717, 1.165) is 0 Å². The normalized spacial score (nSPS) is 15.7. The monoisotopic (exact) mass is 479 g/mol. The van der Waals surface area contributed by atoms with Crippen molar-refractivity contribution in [3.63, 3.8) is 0 Å². The summed E-state index contributed by atoms with van der Waals surface area (Å²) in [6.45, 7) is 3.42. The second-order valence-corrected chi connectivity index (χ2v) is 8.24. The fourth-order valence-electron chi connectivity index (χ4n) is 3.91. The van der Waals surface area contributed by atoms with Gasteiger partial charge in [0.25, 0.3) is 5.91 Å². The summed E-state index contributed by atoms with van der Waals surface area (Å²) in [5.74, 6) is -0.665. The summed E-state index contributed by atoms with van der Waals surface area (Å²) in [6.07, 6.45) is 0. The van der Waals surface area contributed by atoms with E-state index in [0.29, 0.717) is 44.6 Å². The fraction of sp³-hybridized carbons (Fsp3) is 0.154. The summed E-state index contributed by atoms with van der Waals surface area (Å²) in [5.41, 5.74) is 3.01. The number of rotatable bonds is 5. The van der Waals surface area contributed by atoms with Gasteiger partial charge in [-0.3, -0.25) is 9.69 Å². The summed E-state index contributed by atoms with van der Waals surface area (Å²) in [7, 11) is 1.52. The molecule has 0 fully saturated rings. The molecule has 34 heavy (non-hydrogen) atoms. The van der Waals surface area contributed by atoms with Gasteiger partial charge >= 0.3 is 0 Å². The Kier molecular flexibility index (Phi) is 6.61. The van der Waals surface area contributed by atoms with E-state index in [4.69, 9.17) is 17.0 Å². The molecule has 0 bridgehead atoms. The lowest BCUT2D eigenvalue weighted by atomic mass is 9.94. The molecule has 0 saturated heterocycles. The van der Waals surface area contributed by atoms with Crippen LogP contribution in [-0.4, -0.2) is 18.1 Å². The molecule has 4 rings (SSSR count). The quantitative estimate of drug-likeness (QED) is 0.465. The molecule has 0 spiro atoms. The summed E-state index contributed by atoms with van der Waals surface area (Å²) in [6, 6.07) is 17.0. The molecular weight excluding hydrogens is 456 g/mol. The first-order valence-corrected chi connectivity index (χ1v) is 11.0. The van der Waals surface area contributed by atoms with Gasteiger partial charge in [0.1, 0.15) is 17.4 Å². The number of nitrogens with one attached hydrogen (secondary N) is 2. The highest BCUT2D eigenvalue weighted by Crippen LogP contribution is 2.35. The maximum absolute atomic E-state index is 14.4. The number of hydrogen-bond acceptors (Lipinski definition) is 3. The number of amides is 1. The van der Waals surface area contributed by atoms with Crippen molar-refractivity contribution in [3.8, 4) is 5.75 Å². The summed E-state index contributed by atoms with van der Waals surface area (Å²) < 4.78 is 33.3. The summed E-state index contributed by atoms with van der Waals surface area (Å²) >= 11 is 5.61. The minimum atomic E-state index is -0.644. The van der Waals surface area contributed by atoms with Crippen LogP contribution in [0.15, 0.2) is 78.0 Å². The molecule has 0 aromatic heterocycles. The van der Waals surface area contributed by atoms with Crippen LogP contribution in [0.5, 0.6) is 5.75 Å². The third kappa shape index (κ3) is 4.49. The van der Waals surface area contributed by atoms with Gasteiger partial charge in [-0.05, 0) is 73.6 Å². The lowest BCUT2D eigenvalue weighted by Crippen LogP contribution is -2.48. The molecule has 3 aromatic carbocycles. The van der Waals surface area contributed by atoms with Crippen molar-refractivity contribution in [2.45, 2.75) is 19.9 Å². The second kappa shape index (κ2) is 9.61. The molecule has 0 saturated carbocycles. The molecule has 0 aliphatic carbocycles. The van der Waals surface area contributed by atoms with Gasteiger partial charge in [0.2, 0.25) is 0 Å². The van der Waals surface area contributed by atoms with Crippen LogP contribution in [0.4, 0.5) is 20.2 Å². The summed E-state index contributed by atoms with van der Waals surface area (Å²) in [4.78, 5) is 15.2. The molecular formula is C26H23F2N3O2S. The lowest BCUT2D eigenvalue weighted by molar-refractivity contribution is -0.113. The van der Waals surface area contributed by atoms with Crippen LogP contribution < -0.4 is 20.3 Å². The van der Waals surface area contributed by atoms with E-state index in [-0.39, 0.29) is 11.6 Å². The zero-order chi connectivity index (χ0) is 24.4. The predicted molar refractivity (Wildman–Crippen MR) is 133 cm³/mol. The molecule has 1 unspecified atom stereocenters. The Hall–Kier alpha value is -3.78. The molecule has 5 nitrogen and oxygen atoms in total. The number of para-hydroxylation sites is 2. The molecule has 174 valence electrons. The van der Waals surface area contributed by atoms with Crippen LogP contribution >= 0.6 is 12.2 Å². The number of carbonyl (C=O) groups excluding carboxylic acids is 1. The van der Waals surface area contributed by atoms with Crippen molar-refractivity contribution in [1.29, 1.82) is 0 Å². The van der Waals surface area contributed by atoms with E-state index in [1.807, 2.05) is 0 Å². The number of carbonyl (C=O) groups is 1.